The van der Waals surface area contributed by atoms with Gasteiger partial charge in [0.1, 0.15) is 12.1 Å². The van der Waals surface area contributed by atoms with Crippen LogP contribution in [0.3, 0.4) is 0 Å². The highest BCUT2D eigenvalue weighted by atomic mass is 16.6. The van der Waals surface area contributed by atoms with Crippen LogP contribution in [0.25, 0.3) is 0 Å². The van der Waals surface area contributed by atoms with E-state index in [1.54, 1.807) is 0 Å². The third kappa shape index (κ3) is 3.10. The number of rotatable bonds is 5. The average Bonchev–Trinajstić information content (AvgIpc) is 3.11. The van der Waals surface area contributed by atoms with Crippen LogP contribution in [0.2, 0.25) is 0 Å². The zero-order chi connectivity index (χ0) is 14.2. The Bertz CT molecular complexity index is 409. The van der Waals surface area contributed by atoms with E-state index >= 15 is 0 Å². The fourth-order valence-corrected chi connectivity index (χ4v) is 2.45. The largest absolute Gasteiger partial charge is 0.480 e. The van der Waals surface area contributed by atoms with Gasteiger partial charge in [-0.05, 0) is 25.7 Å². The van der Waals surface area contributed by atoms with E-state index in [-0.39, 0.29) is 30.3 Å². The van der Waals surface area contributed by atoms with Crippen molar-refractivity contribution in [2.24, 2.45) is 11.7 Å². The van der Waals surface area contributed by atoms with Gasteiger partial charge in [-0.2, -0.15) is 0 Å². The number of ether oxygens (including phenoxy) is 1. The van der Waals surface area contributed by atoms with Crippen molar-refractivity contribution >= 4 is 17.7 Å². The van der Waals surface area contributed by atoms with Gasteiger partial charge >= 0.3 is 5.97 Å². The molecule has 2 fully saturated rings. The third-order valence-electron chi connectivity index (χ3n) is 3.64. The number of aliphatic carboxylic acids is 1. The number of hydrogen-bond acceptors (Lipinski definition) is 5. The van der Waals surface area contributed by atoms with Gasteiger partial charge < -0.3 is 20.9 Å². The van der Waals surface area contributed by atoms with Crippen LogP contribution >= 0.6 is 0 Å². The van der Waals surface area contributed by atoms with Gasteiger partial charge in [-0.3, -0.25) is 9.59 Å². The standard InChI is InChI=1S/C12H18N2O5/c1-5(13)11(16)14-7(12(17)18)4-6-2-3-8(15)10-9(6)19-10/h5-7,9-10H,2-4,13H2,1H3,(H,14,16)(H,17,18)/t5-,6+,7-,9-,10+/m0/s1. The van der Waals surface area contributed by atoms with Crippen LogP contribution in [-0.4, -0.2) is 47.1 Å². The lowest BCUT2D eigenvalue weighted by molar-refractivity contribution is -0.142. The number of nitrogens with two attached hydrogens (primary N) is 1. The van der Waals surface area contributed by atoms with Crippen molar-refractivity contribution < 1.29 is 24.2 Å². The second-order valence-electron chi connectivity index (χ2n) is 5.21. The van der Waals surface area contributed by atoms with E-state index in [9.17, 15) is 14.4 Å². The van der Waals surface area contributed by atoms with Crippen LogP contribution in [0.4, 0.5) is 0 Å². The minimum absolute atomic E-state index is 0.00261. The molecule has 2 rings (SSSR count). The lowest BCUT2D eigenvalue weighted by Gasteiger charge is -2.23. The molecule has 5 atom stereocenters. The highest BCUT2D eigenvalue weighted by Gasteiger charge is 2.53. The number of epoxide rings is 1. The molecule has 0 aromatic heterocycles. The summed E-state index contributed by atoms with van der Waals surface area (Å²) in [6, 6.07) is -1.73. The summed E-state index contributed by atoms with van der Waals surface area (Å²) in [6.07, 6.45) is 0.770. The maximum atomic E-state index is 11.5. The predicted octanol–water partition coefficient (Wildman–Crippen LogP) is -0.960. The van der Waals surface area contributed by atoms with Crippen molar-refractivity contribution in [3.63, 3.8) is 0 Å². The minimum atomic E-state index is -1.09. The van der Waals surface area contributed by atoms with Gasteiger partial charge in [0.05, 0.1) is 12.1 Å². The number of Topliss-reactive ketones (excluding diaryl/α,β-unsaturated/α-hetero) is 1. The Kier molecular flexibility index (Phi) is 3.86. The molecule has 7 heteroatoms. The molecule has 0 bridgehead atoms. The van der Waals surface area contributed by atoms with E-state index in [1.165, 1.54) is 6.92 Å². The predicted molar refractivity (Wildman–Crippen MR) is 64.2 cm³/mol. The van der Waals surface area contributed by atoms with Crippen molar-refractivity contribution in [3.8, 4) is 0 Å². The van der Waals surface area contributed by atoms with Crippen LogP contribution in [0.15, 0.2) is 0 Å². The zero-order valence-corrected chi connectivity index (χ0v) is 10.7. The first-order chi connectivity index (χ1) is 8.90. The SMILES string of the molecule is C[C@H](N)C(=O)N[C@@H](C[C@H]1CCC(=O)[C@H]2O[C@@H]12)C(=O)O. The Hall–Kier alpha value is -1.47. The quantitative estimate of drug-likeness (QED) is 0.553. The van der Waals surface area contributed by atoms with Crippen molar-refractivity contribution in [2.75, 3.05) is 0 Å². The molecular weight excluding hydrogens is 252 g/mol. The number of carbonyl (C=O) groups is 3. The summed E-state index contributed by atoms with van der Waals surface area (Å²) in [5.74, 6) is -1.50. The topological polar surface area (TPSA) is 122 Å². The lowest BCUT2D eigenvalue weighted by Crippen LogP contribution is -2.48. The molecule has 1 saturated heterocycles. The van der Waals surface area contributed by atoms with Crippen molar-refractivity contribution in [2.45, 2.75) is 50.5 Å². The van der Waals surface area contributed by atoms with Gasteiger partial charge in [0.2, 0.25) is 5.91 Å². The monoisotopic (exact) mass is 270 g/mol. The number of hydrogen-bond donors (Lipinski definition) is 3. The number of carboxylic acids is 1. The Morgan fingerprint density at radius 1 is 1.58 bits per heavy atom. The van der Waals surface area contributed by atoms with Crippen LogP contribution < -0.4 is 11.1 Å². The van der Waals surface area contributed by atoms with E-state index in [0.717, 1.165) is 0 Å². The Morgan fingerprint density at radius 3 is 2.84 bits per heavy atom. The van der Waals surface area contributed by atoms with E-state index in [1.807, 2.05) is 0 Å². The van der Waals surface area contributed by atoms with Gasteiger partial charge in [-0.1, -0.05) is 0 Å². The van der Waals surface area contributed by atoms with E-state index in [2.05, 4.69) is 5.32 Å². The molecule has 2 aliphatic rings. The van der Waals surface area contributed by atoms with Crippen molar-refractivity contribution in [1.29, 1.82) is 0 Å². The molecule has 1 aliphatic heterocycles. The first kappa shape index (κ1) is 14.0. The summed E-state index contributed by atoms with van der Waals surface area (Å²) < 4.78 is 5.26. The molecule has 1 amide bonds. The summed E-state index contributed by atoms with van der Waals surface area (Å²) in [5.41, 5.74) is 5.40. The lowest BCUT2D eigenvalue weighted by atomic mass is 9.84. The summed E-state index contributed by atoms with van der Waals surface area (Å²) >= 11 is 0. The van der Waals surface area contributed by atoms with Crippen LogP contribution in [0, 0.1) is 5.92 Å². The summed E-state index contributed by atoms with van der Waals surface area (Å²) in [6.45, 7) is 1.49. The summed E-state index contributed by atoms with van der Waals surface area (Å²) in [7, 11) is 0. The molecule has 4 N–H and O–H groups in total. The highest BCUT2D eigenvalue weighted by Crippen LogP contribution is 2.40. The maximum Gasteiger partial charge on any atom is 0.326 e. The number of amides is 1. The molecule has 0 spiro atoms. The number of ketones is 1. The Labute approximate surface area is 110 Å². The van der Waals surface area contributed by atoms with Gasteiger partial charge in [-0.25, -0.2) is 4.79 Å². The molecule has 19 heavy (non-hydrogen) atoms. The van der Waals surface area contributed by atoms with Gasteiger partial charge in [-0.15, -0.1) is 0 Å². The Morgan fingerprint density at radius 2 is 2.26 bits per heavy atom. The Balaban J connectivity index is 1.92. The maximum absolute atomic E-state index is 11.5. The first-order valence-electron chi connectivity index (χ1n) is 6.37. The van der Waals surface area contributed by atoms with Crippen LogP contribution in [-0.2, 0) is 19.1 Å². The molecule has 0 aromatic carbocycles. The highest BCUT2D eigenvalue weighted by molar-refractivity contribution is 5.87. The normalized spacial score (nSPS) is 32.1. The molecule has 106 valence electrons. The van der Waals surface area contributed by atoms with Gasteiger partial charge in [0, 0.05) is 6.42 Å². The molecular formula is C12H18N2O5. The molecule has 0 unspecified atom stereocenters. The van der Waals surface area contributed by atoms with Crippen LogP contribution in [0.5, 0.6) is 0 Å². The molecule has 1 heterocycles. The molecule has 0 aromatic rings. The first-order valence-corrected chi connectivity index (χ1v) is 6.37. The fourth-order valence-electron chi connectivity index (χ4n) is 2.45. The summed E-state index contributed by atoms with van der Waals surface area (Å²) in [5, 5.41) is 11.5. The van der Waals surface area contributed by atoms with Gasteiger partial charge in [0.25, 0.3) is 0 Å². The van der Waals surface area contributed by atoms with E-state index < -0.39 is 24.0 Å². The van der Waals surface area contributed by atoms with Crippen LogP contribution in [0.1, 0.15) is 26.2 Å². The number of fused-ring (bicyclic) bond motifs is 1. The minimum Gasteiger partial charge on any atom is -0.480 e. The number of nitrogens with one attached hydrogen (secondary N) is 1. The van der Waals surface area contributed by atoms with E-state index in [4.69, 9.17) is 15.6 Å². The molecule has 1 saturated carbocycles. The molecule has 0 radical (unpaired) electrons. The second-order valence-corrected chi connectivity index (χ2v) is 5.21. The van der Waals surface area contributed by atoms with Gasteiger partial charge in [0.15, 0.2) is 5.78 Å². The fraction of sp³-hybridized carbons (Fsp3) is 0.750. The summed E-state index contributed by atoms with van der Waals surface area (Å²) in [4.78, 5) is 34.0. The average molecular weight is 270 g/mol. The number of carbonyl (C=O) groups excluding carboxylic acids is 2. The van der Waals surface area contributed by atoms with Crippen molar-refractivity contribution in [3.05, 3.63) is 0 Å². The smallest absolute Gasteiger partial charge is 0.326 e. The van der Waals surface area contributed by atoms with E-state index in [0.29, 0.717) is 12.8 Å². The van der Waals surface area contributed by atoms with Crippen molar-refractivity contribution in [1.82, 2.24) is 5.32 Å². The zero-order valence-electron chi connectivity index (χ0n) is 10.7. The molecule has 7 nitrogen and oxygen atoms in total. The second kappa shape index (κ2) is 5.26. The third-order valence-corrected chi connectivity index (χ3v) is 3.64. The molecule has 1 aliphatic carbocycles. The number of carboxylic acid groups (broad SMARTS) is 1.